The number of nitrogens with one attached hydrogen (secondary N) is 2. The molecule has 0 aliphatic carbocycles. The molecular weight excluding hydrogens is 334 g/mol. The Morgan fingerprint density at radius 1 is 1.04 bits per heavy atom. The molecule has 0 radical (unpaired) electrons. The van der Waals surface area contributed by atoms with E-state index in [0.29, 0.717) is 16.5 Å². The first-order chi connectivity index (χ1) is 12.3. The topological polar surface area (TPSA) is 79.8 Å². The molecule has 0 aliphatic heterocycles. The molecule has 25 heavy (non-hydrogen) atoms. The molecule has 6 nitrogen and oxygen atoms in total. The van der Waals surface area contributed by atoms with Gasteiger partial charge in [-0.1, -0.05) is 18.2 Å². The lowest BCUT2D eigenvalue weighted by molar-refractivity contribution is 0.102. The molecule has 0 saturated heterocycles. The maximum absolute atomic E-state index is 12.5. The number of hydrogen-bond acceptors (Lipinski definition) is 6. The minimum absolute atomic E-state index is 0.270. The van der Waals surface area contributed by atoms with E-state index >= 15 is 0 Å². The van der Waals surface area contributed by atoms with Crippen LogP contribution in [0.4, 0.5) is 16.5 Å². The highest BCUT2D eigenvalue weighted by atomic mass is 32.1. The predicted octanol–water partition coefficient (Wildman–Crippen LogP) is 4.08. The highest BCUT2D eigenvalue weighted by Crippen LogP contribution is 2.23. The summed E-state index contributed by atoms with van der Waals surface area (Å²) >= 11 is 1.36. The van der Waals surface area contributed by atoms with Crippen LogP contribution < -0.4 is 10.6 Å². The van der Waals surface area contributed by atoms with Gasteiger partial charge in [0.2, 0.25) is 0 Å². The number of carbonyl (C=O) groups excluding carboxylic acids is 1. The average Bonchev–Trinajstić information content (AvgIpc) is 3.11. The summed E-state index contributed by atoms with van der Waals surface area (Å²) in [7, 11) is 0. The van der Waals surface area contributed by atoms with E-state index in [1.54, 1.807) is 24.0 Å². The number of pyridine rings is 2. The van der Waals surface area contributed by atoms with Gasteiger partial charge in [-0.25, -0.2) is 4.98 Å². The molecule has 7 heteroatoms. The number of fused-ring (bicyclic) bond motifs is 1. The first kappa shape index (κ1) is 15.2. The van der Waals surface area contributed by atoms with E-state index in [0.717, 1.165) is 16.6 Å². The Kier molecular flexibility index (Phi) is 4.05. The fourth-order valence-corrected chi connectivity index (χ4v) is 3.10. The van der Waals surface area contributed by atoms with Gasteiger partial charge in [0.1, 0.15) is 5.69 Å². The Hall–Kier alpha value is -3.32. The van der Waals surface area contributed by atoms with Crippen LogP contribution in [-0.2, 0) is 0 Å². The Labute approximate surface area is 147 Å². The molecule has 2 N–H and O–H groups in total. The van der Waals surface area contributed by atoms with Gasteiger partial charge in [-0.05, 0) is 24.3 Å². The second-order valence-electron chi connectivity index (χ2n) is 5.24. The molecule has 3 aromatic heterocycles. The molecule has 0 spiro atoms. The fraction of sp³-hybridized carbons (Fsp3) is 0. The van der Waals surface area contributed by atoms with E-state index in [1.165, 1.54) is 11.3 Å². The summed E-state index contributed by atoms with van der Waals surface area (Å²) in [6.45, 7) is 0. The van der Waals surface area contributed by atoms with Gasteiger partial charge < -0.3 is 10.6 Å². The standard InChI is InChI=1S/C18H13N5OS/c24-17(22-14-7-1-4-12-5-2-9-20-16(12)14)15-11-25-18(23-15)21-13-6-3-8-19-10-13/h1-11H,(H,21,23)(H,22,24). The number of hydrogen-bond donors (Lipinski definition) is 2. The molecule has 0 atom stereocenters. The molecule has 0 unspecified atom stereocenters. The monoisotopic (exact) mass is 347 g/mol. The summed E-state index contributed by atoms with van der Waals surface area (Å²) in [6.07, 6.45) is 5.10. The van der Waals surface area contributed by atoms with Crippen LogP contribution in [0.15, 0.2) is 66.4 Å². The molecular formula is C18H13N5OS. The normalized spacial score (nSPS) is 10.6. The number of thiazole rings is 1. The average molecular weight is 347 g/mol. The van der Waals surface area contributed by atoms with Crippen LogP contribution in [-0.4, -0.2) is 20.9 Å². The van der Waals surface area contributed by atoms with Crippen LogP contribution in [0.25, 0.3) is 10.9 Å². The lowest BCUT2D eigenvalue weighted by Crippen LogP contribution is -2.12. The zero-order chi connectivity index (χ0) is 17.1. The summed E-state index contributed by atoms with van der Waals surface area (Å²) in [4.78, 5) is 25.2. The van der Waals surface area contributed by atoms with Gasteiger partial charge in [0.05, 0.1) is 23.1 Å². The summed E-state index contributed by atoms with van der Waals surface area (Å²) < 4.78 is 0. The summed E-state index contributed by atoms with van der Waals surface area (Å²) in [6, 6.07) is 13.2. The van der Waals surface area contributed by atoms with Crippen molar-refractivity contribution in [3.8, 4) is 0 Å². The van der Waals surface area contributed by atoms with E-state index in [-0.39, 0.29) is 5.91 Å². The molecule has 0 fully saturated rings. The number of aromatic nitrogens is 3. The summed E-state index contributed by atoms with van der Waals surface area (Å²) in [5.41, 5.74) is 2.59. The zero-order valence-corrected chi connectivity index (χ0v) is 13.8. The van der Waals surface area contributed by atoms with Crippen molar-refractivity contribution < 1.29 is 4.79 Å². The predicted molar refractivity (Wildman–Crippen MR) is 99.3 cm³/mol. The Morgan fingerprint density at radius 3 is 2.80 bits per heavy atom. The minimum Gasteiger partial charge on any atom is -0.330 e. The smallest absolute Gasteiger partial charge is 0.275 e. The third-order valence-electron chi connectivity index (χ3n) is 3.53. The van der Waals surface area contributed by atoms with Gasteiger partial charge in [-0.15, -0.1) is 11.3 Å². The highest BCUT2D eigenvalue weighted by Gasteiger charge is 2.13. The third-order valence-corrected chi connectivity index (χ3v) is 4.29. The van der Waals surface area contributed by atoms with Crippen molar-refractivity contribution in [3.63, 3.8) is 0 Å². The number of rotatable bonds is 4. The minimum atomic E-state index is -0.270. The molecule has 0 bridgehead atoms. The van der Waals surface area contributed by atoms with E-state index in [9.17, 15) is 4.79 Å². The molecule has 3 heterocycles. The van der Waals surface area contributed by atoms with Crippen molar-refractivity contribution in [1.29, 1.82) is 0 Å². The quantitative estimate of drug-likeness (QED) is 0.581. The van der Waals surface area contributed by atoms with Crippen LogP contribution in [0.5, 0.6) is 0 Å². The van der Waals surface area contributed by atoms with Crippen LogP contribution in [0.2, 0.25) is 0 Å². The fourth-order valence-electron chi connectivity index (χ4n) is 2.39. The number of amides is 1. The Balaban J connectivity index is 1.53. The SMILES string of the molecule is O=C(Nc1cccc2cccnc12)c1csc(Nc2cccnc2)n1. The second kappa shape index (κ2) is 6.66. The van der Waals surface area contributed by atoms with Crippen LogP contribution in [0, 0.1) is 0 Å². The number of anilines is 3. The number of benzene rings is 1. The lowest BCUT2D eigenvalue weighted by atomic mass is 10.2. The van der Waals surface area contributed by atoms with Crippen molar-refractivity contribution in [2.75, 3.05) is 10.6 Å². The lowest BCUT2D eigenvalue weighted by Gasteiger charge is -2.06. The van der Waals surface area contributed by atoms with Gasteiger partial charge in [0.25, 0.3) is 5.91 Å². The molecule has 1 aromatic carbocycles. The van der Waals surface area contributed by atoms with Crippen molar-refractivity contribution in [3.05, 3.63) is 72.1 Å². The van der Waals surface area contributed by atoms with Gasteiger partial charge >= 0.3 is 0 Å². The van der Waals surface area contributed by atoms with Crippen molar-refractivity contribution >= 4 is 44.7 Å². The first-order valence-electron chi connectivity index (χ1n) is 7.57. The van der Waals surface area contributed by atoms with Gasteiger partial charge in [0, 0.05) is 23.2 Å². The van der Waals surface area contributed by atoms with Gasteiger partial charge in [-0.3, -0.25) is 14.8 Å². The number of para-hydroxylation sites is 1. The number of carbonyl (C=O) groups is 1. The van der Waals surface area contributed by atoms with E-state index in [2.05, 4.69) is 25.6 Å². The maximum Gasteiger partial charge on any atom is 0.275 e. The second-order valence-corrected chi connectivity index (χ2v) is 6.10. The van der Waals surface area contributed by atoms with E-state index < -0.39 is 0 Å². The Morgan fingerprint density at radius 2 is 1.92 bits per heavy atom. The zero-order valence-electron chi connectivity index (χ0n) is 13.0. The molecule has 122 valence electrons. The van der Waals surface area contributed by atoms with Crippen LogP contribution >= 0.6 is 11.3 Å². The van der Waals surface area contributed by atoms with E-state index in [4.69, 9.17) is 0 Å². The van der Waals surface area contributed by atoms with Crippen LogP contribution in [0.3, 0.4) is 0 Å². The van der Waals surface area contributed by atoms with Crippen molar-refractivity contribution in [1.82, 2.24) is 15.0 Å². The highest BCUT2D eigenvalue weighted by molar-refractivity contribution is 7.14. The van der Waals surface area contributed by atoms with Crippen molar-refractivity contribution in [2.24, 2.45) is 0 Å². The summed E-state index contributed by atoms with van der Waals surface area (Å²) in [5, 5.41) is 9.32. The first-order valence-corrected chi connectivity index (χ1v) is 8.45. The van der Waals surface area contributed by atoms with Crippen molar-refractivity contribution in [2.45, 2.75) is 0 Å². The maximum atomic E-state index is 12.5. The van der Waals surface area contributed by atoms with Gasteiger partial charge in [0.15, 0.2) is 5.13 Å². The number of nitrogens with zero attached hydrogens (tertiary/aromatic N) is 3. The molecule has 4 aromatic rings. The van der Waals surface area contributed by atoms with Gasteiger partial charge in [-0.2, -0.15) is 0 Å². The summed E-state index contributed by atoms with van der Waals surface area (Å²) in [5.74, 6) is -0.270. The third kappa shape index (κ3) is 3.31. The van der Waals surface area contributed by atoms with Crippen LogP contribution in [0.1, 0.15) is 10.5 Å². The van der Waals surface area contributed by atoms with E-state index in [1.807, 2.05) is 42.5 Å². The Bertz CT molecular complexity index is 1030. The molecule has 1 amide bonds. The largest absolute Gasteiger partial charge is 0.330 e. The molecule has 0 saturated carbocycles. The molecule has 0 aliphatic rings. The molecule has 4 rings (SSSR count).